The Labute approximate surface area is 420 Å². The molecule has 16 heteroatoms. The lowest BCUT2D eigenvalue weighted by molar-refractivity contribution is -0.192. The second kappa shape index (κ2) is 19.4. The number of anilines is 1. The molecule has 7 aliphatic rings. The number of halogens is 3. The van der Waals surface area contributed by atoms with Crippen LogP contribution >= 0.6 is 23.4 Å². The van der Waals surface area contributed by atoms with Gasteiger partial charge in [-0.15, -0.1) is 18.3 Å². The Morgan fingerprint density at radius 3 is 2.37 bits per heavy atom. The van der Waals surface area contributed by atoms with E-state index in [2.05, 4.69) is 46.2 Å². The first-order valence-corrected chi connectivity index (χ1v) is 27.4. The number of pyridine rings is 1. The van der Waals surface area contributed by atoms with Gasteiger partial charge in [-0.3, -0.25) is 19.2 Å². The fraction of sp³-hybridized carbons (Fsp3) is 0.722. The molecule has 2 aromatic rings. The molecule has 0 amide bonds. The van der Waals surface area contributed by atoms with Gasteiger partial charge in [0.1, 0.15) is 35.5 Å². The van der Waals surface area contributed by atoms with Crippen LogP contribution in [0.25, 0.3) is 10.9 Å². The third kappa shape index (κ3) is 9.15. The Hall–Kier alpha value is -3.53. The molecule has 384 valence electrons. The molecule has 4 aliphatic carbocycles. The quantitative estimate of drug-likeness (QED) is 0.0739. The Balaban J connectivity index is 0.892. The number of nitrogens with zero attached hydrogens (tertiary/aromatic N) is 3. The summed E-state index contributed by atoms with van der Waals surface area (Å²) >= 11 is 8.60. The van der Waals surface area contributed by atoms with E-state index in [-0.39, 0.29) is 82.4 Å². The topological polar surface area (TPSA) is 150 Å². The van der Waals surface area contributed by atoms with E-state index >= 15 is 4.39 Å². The van der Waals surface area contributed by atoms with Gasteiger partial charge in [-0.2, -0.15) is 0 Å². The second-order valence-corrected chi connectivity index (χ2v) is 24.8. The van der Waals surface area contributed by atoms with Crippen LogP contribution in [0.1, 0.15) is 147 Å². The molecule has 4 saturated carbocycles. The highest BCUT2D eigenvalue weighted by molar-refractivity contribution is 8.00. The number of Topliss-reactive ketones (excluding diaryl/α,β-unsaturated/α-hetero) is 1. The summed E-state index contributed by atoms with van der Waals surface area (Å²) in [6.45, 7) is 15.4. The number of benzene rings is 1. The summed E-state index contributed by atoms with van der Waals surface area (Å²) < 4.78 is 50.8. The van der Waals surface area contributed by atoms with Crippen molar-refractivity contribution in [2.24, 2.45) is 39.2 Å². The molecule has 0 radical (unpaired) electrons. The van der Waals surface area contributed by atoms with Gasteiger partial charge in [0, 0.05) is 90.0 Å². The van der Waals surface area contributed by atoms with Crippen LogP contribution < -0.4 is 16.1 Å². The van der Waals surface area contributed by atoms with Crippen LogP contribution in [0.15, 0.2) is 29.7 Å². The molecule has 3 saturated heterocycles. The molecule has 2 N–H and O–H groups in total. The van der Waals surface area contributed by atoms with E-state index in [1.165, 1.54) is 23.6 Å². The molecular weight excluding hydrogens is 938 g/mol. The number of hydrogen-bond acceptors (Lipinski definition) is 12. The smallest absolute Gasteiger partial charge is 0.343 e. The van der Waals surface area contributed by atoms with E-state index in [0.29, 0.717) is 56.1 Å². The van der Waals surface area contributed by atoms with Gasteiger partial charge in [0.25, 0.3) is 0 Å². The molecule has 9 rings (SSSR count). The SMILES string of the molecule is C=C[C@@]1(C)C[C@H](OC(=O)CSC2CC3CCC(C2)N3C)[C@@](C)(CCCC)C2C(=O)CCC2(C)[C@H](C)[C@H]1OC(=O)CCCOC(=O)c1cn(C2C[C@@H]2F)c2c(Cl)c(N3C[C@@H](N)C4(CC4)C3)c(F)cc2c1=O. The highest BCUT2D eigenvalue weighted by atomic mass is 35.5. The predicted molar refractivity (Wildman–Crippen MR) is 268 cm³/mol. The molecule has 7 fully saturated rings. The number of carbonyl (C=O) groups is 4. The zero-order valence-electron chi connectivity index (χ0n) is 41.9. The number of fused-ring (bicyclic) bond motifs is 4. The lowest BCUT2D eigenvalue weighted by atomic mass is 9.50. The fourth-order valence-electron chi connectivity index (χ4n) is 13.9. The maximum absolute atomic E-state index is 16.0. The summed E-state index contributed by atoms with van der Waals surface area (Å²) in [5, 5.41) is 0.196. The Bertz CT molecular complexity index is 2470. The monoisotopic (exact) mass is 1010 g/mol. The summed E-state index contributed by atoms with van der Waals surface area (Å²) in [5.74, 6) is -2.90. The number of hydrogen-bond donors (Lipinski definition) is 1. The average Bonchev–Trinajstić information content (AvgIpc) is 4.19. The van der Waals surface area contributed by atoms with Crippen LogP contribution in [-0.4, -0.2) is 107 Å². The van der Waals surface area contributed by atoms with Crippen molar-refractivity contribution in [3.63, 3.8) is 0 Å². The third-order valence-electron chi connectivity index (χ3n) is 18.7. The highest BCUT2D eigenvalue weighted by Crippen LogP contribution is 2.63. The molecule has 1 aromatic carbocycles. The average molecular weight is 1010 g/mol. The van der Waals surface area contributed by atoms with Crippen LogP contribution in [0.5, 0.6) is 0 Å². The number of aromatic nitrogens is 1. The van der Waals surface area contributed by atoms with Crippen molar-refractivity contribution in [2.45, 2.75) is 179 Å². The largest absolute Gasteiger partial charge is 0.462 e. The minimum absolute atomic E-state index is 0.0319. The summed E-state index contributed by atoms with van der Waals surface area (Å²) in [6.07, 6.45) is 10.6. The maximum atomic E-state index is 16.0. The highest BCUT2D eigenvalue weighted by Gasteiger charge is 2.64. The number of thioether (sulfide) groups is 1. The fourth-order valence-corrected chi connectivity index (χ4v) is 15.5. The summed E-state index contributed by atoms with van der Waals surface area (Å²) in [6, 6.07) is 1.32. The Morgan fingerprint density at radius 1 is 1.04 bits per heavy atom. The number of piperidine rings is 1. The molecule has 5 unspecified atom stereocenters. The van der Waals surface area contributed by atoms with Crippen LogP contribution in [0, 0.1) is 39.3 Å². The van der Waals surface area contributed by atoms with Gasteiger partial charge in [-0.05, 0) is 82.7 Å². The molecule has 70 heavy (non-hydrogen) atoms. The number of unbranched alkanes of at least 4 members (excludes halogenated alkanes) is 1. The predicted octanol–water partition coefficient (Wildman–Crippen LogP) is 9.54. The lowest BCUT2D eigenvalue weighted by Crippen LogP contribution is -2.59. The first-order valence-electron chi connectivity index (χ1n) is 26.0. The van der Waals surface area contributed by atoms with Crippen LogP contribution in [0.2, 0.25) is 5.02 Å². The van der Waals surface area contributed by atoms with Gasteiger partial charge in [0.15, 0.2) is 0 Å². The van der Waals surface area contributed by atoms with Gasteiger partial charge < -0.3 is 34.3 Å². The van der Waals surface area contributed by atoms with Crippen molar-refractivity contribution in [2.75, 3.05) is 37.4 Å². The van der Waals surface area contributed by atoms with E-state index in [4.69, 9.17) is 31.5 Å². The number of esters is 3. The van der Waals surface area contributed by atoms with Crippen molar-refractivity contribution in [1.29, 1.82) is 0 Å². The van der Waals surface area contributed by atoms with Gasteiger partial charge in [0.2, 0.25) is 5.43 Å². The molecule has 1 aromatic heterocycles. The second-order valence-electron chi connectivity index (χ2n) is 23.2. The minimum Gasteiger partial charge on any atom is -0.462 e. The first kappa shape index (κ1) is 51.4. The molecule has 2 bridgehead atoms. The zero-order valence-corrected chi connectivity index (χ0v) is 43.4. The van der Waals surface area contributed by atoms with E-state index in [9.17, 15) is 28.4 Å². The molecule has 12 atom stereocenters. The zero-order chi connectivity index (χ0) is 50.2. The Kier molecular flexibility index (Phi) is 14.2. The number of ether oxygens (including phenoxy) is 3. The van der Waals surface area contributed by atoms with Gasteiger partial charge in [-0.25, -0.2) is 13.6 Å². The van der Waals surface area contributed by atoms with Gasteiger partial charge in [-0.1, -0.05) is 65.1 Å². The first-order chi connectivity index (χ1) is 33.2. The molecule has 1 spiro atoms. The number of nitrogens with two attached hydrogens (primary N) is 1. The van der Waals surface area contributed by atoms with Crippen molar-refractivity contribution >= 4 is 63.6 Å². The van der Waals surface area contributed by atoms with E-state index in [1.54, 1.807) is 16.7 Å². The van der Waals surface area contributed by atoms with Gasteiger partial charge >= 0.3 is 17.9 Å². The summed E-state index contributed by atoms with van der Waals surface area (Å²) in [7, 11) is 2.21. The number of ketones is 1. The van der Waals surface area contributed by atoms with E-state index in [0.717, 1.165) is 44.6 Å². The molecular formula is C54H73ClF2N4O8S. The number of alkyl halides is 1. The molecule has 4 heterocycles. The van der Waals surface area contributed by atoms with Gasteiger partial charge in [0.05, 0.1) is 40.0 Å². The standard InChI is InChI=1S/C54H73ClF2N4O8S/c1-8-10-16-53(6)41(68-43(64)28-70-33-21-31-13-14-32(22-33)59(31)7)25-51(4,9-2)49(30(3)52(5)17-15-39(62)48(52)53)69-42(63)12-11-20-67-50(66)35-26-61(38-24-36(38)56)45-34(47(35)65)23-37(57)46(44(45)55)60-27-40(58)54(29-60)18-19-54/h9,23,26,30-33,36,38,40-41,48-49H,2,8,10-22,24-25,27-29,58H2,1,3-7H3/t30-,31?,32?,33?,36+,38?,40-,41+,48?,49-,51+,52?,53-/m1/s1. The molecule has 12 nitrogen and oxygen atoms in total. The van der Waals surface area contributed by atoms with Crippen LogP contribution in [0.3, 0.4) is 0 Å². The minimum atomic E-state index is -1.24. The van der Waals surface area contributed by atoms with Crippen molar-refractivity contribution < 1.29 is 42.2 Å². The maximum Gasteiger partial charge on any atom is 0.343 e. The van der Waals surface area contributed by atoms with Crippen molar-refractivity contribution in [3.8, 4) is 0 Å². The number of carbonyl (C=O) groups excluding carboxylic acids is 4. The van der Waals surface area contributed by atoms with Crippen LogP contribution in [-0.2, 0) is 28.6 Å². The lowest BCUT2D eigenvalue weighted by Gasteiger charge is -2.56. The molecule has 3 aliphatic heterocycles. The summed E-state index contributed by atoms with van der Waals surface area (Å²) in [5.41, 5.74) is 3.27. The Morgan fingerprint density at radius 2 is 1.74 bits per heavy atom. The van der Waals surface area contributed by atoms with Crippen molar-refractivity contribution in [3.05, 3.63) is 51.5 Å². The normalized spacial score (nSPS) is 36.4. The number of rotatable bonds is 16. The van der Waals surface area contributed by atoms with Crippen molar-refractivity contribution in [1.82, 2.24) is 9.47 Å². The summed E-state index contributed by atoms with van der Waals surface area (Å²) in [4.78, 5) is 74.1. The van der Waals surface area contributed by atoms with E-state index in [1.807, 2.05) is 13.0 Å². The van der Waals surface area contributed by atoms with E-state index < -0.39 is 75.3 Å². The third-order valence-corrected chi connectivity index (χ3v) is 20.4. The van der Waals surface area contributed by atoms with Crippen LogP contribution in [0.4, 0.5) is 14.5 Å².